The number of nitrogens with two attached hydrogens (primary N) is 1. The van der Waals surface area contributed by atoms with Crippen LogP contribution in [0.4, 0.5) is 0 Å². The summed E-state index contributed by atoms with van der Waals surface area (Å²) in [6.07, 6.45) is 4.99. The maximum atomic E-state index is 12.6. The number of hydroxylamine groups is 1. The third-order valence-corrected chi connectivity index (χ3v) is 5.12. The molecule has 1 aromatic rings. The molecule has 26 heavy (non-hydrogen) atoms. The zero-order valence-electron chi connectivity index (χ0n) is 15.2. The van der Waals surface area contributed by atoms with Gasteiger partial charge in [0.25, 0.3) is 0 Å². The molecule has 3 atom stereocenters. The Morgan fingerprint density at radius 2 is 2.27 bits per heavy atom. The van der Waals surface area contributed by atoms with Crippen molar-refractivity contribution in [3.63, 3.8) is 0 Å². The van der Waals surface area contributed by atoms with Gasteiger partial charge in [-0.15, -0.1) is 5.48 Å². The summed E-state index contributed by atoms with van der Waals surface area (Å²) in [6, 6.07) is 3.69. The van der Waals surface area contributed by atoms with E-state index in [-0.39, 0.29) is 24.3 Å². The van der Waals surface area contributed by atoms with Gasteiger partial charge >= 0.3 is 0 Å². The van der Waals surface area contributed by atoms with Gasteiger partial charge in [0.2, 0.25) is 11.8 Å². The standard InChI is InChI=1S/C18H25N5O3/c1-11-4-6-20-14(8-11)17(2,3)22-15(24)9-13-12(10-21-13)18(16(19)25)5-7-26-23-18/h4-8,12-13,21,23H,9-10H2,1-3H3,(H2,19,25)(H,22,24). The lowest BCUT2D eigenvalue weighted by molar-refractivity contribution is -0.132. The van der Waals surface area contributed by atoms with Crippen molar-refractivity contribution in [2.45, 2.75) is 44.3 Å². The number of amides is 2. The van der Waals surface area contributed by atoms with Crippen molar-refractivity contribution in [2.75, 3.05) is 6.54 Å². The van der Waals surface area contributed by atoms with Crippen LogP contribution in [0.25, 0.3) is 0 Å². The van der Waals surface area contributed by atoms with Gasteiger partial charge in [-0.3, -0.25) is 14.6 Å². The molecule has 2 aliphatic rings. The zero-order chi connectivity index (χ0) is 18.9. The molecule has 0 aromatic carbocycles. The summed E-state index contributed by atoms with van der Waals surface area (Å²) in [4.78, 5) is 33.9. The first-order valence-electron chi connectivity index (χ1n) is 8.62. The van der Waals surface area contributed by atoms with E-state index >= 15 is 0 Å². The molecule has 3 heterocycles. The molecule has 140 valence electrons. The van der Waals surface area contributed by atoms with E-state index in [1.165, 1.54) is 6.26 Å². The van der Waals surface area contributed by atoms with Crippen molar-refractivity contribution in [2.24, 2.45) is 11.7 Å². The van der Waals surface area contributed by atoms with Crippen LogP contribution in [0.5, 0.6) is 0 Å². The molecular weight excluding hydrogens is 334 g/mol. The lowest BCUT2D eigenvalue weighted by atomic mass is 9.73. The number of nitrogens with one attached hydrogen (secondary N) is 3. The van der Waals surface area contributed by atoms with Crippen LogP contribution >= 0.6 is 0 Å². The summed E-state index contributed by atoms with van der Waals surface area (Å²) in [5, 5.41) is 6.23. The van der Waals surface area contributed by atoms with E-state index in [0.717, 1.165) is 11.3 Å². The number of hydrogen-bond donors (Lipinski definition) is 4. The van der Waals surface area contributed by atoms with Crippen LogP contribution in [0, 0.1) is 12.8 Å². The number of primary amides is 1. The van der Waals surface area contributed by atoms with Crippen molar-refractivity contribution < 1.29 is 14.4 Å². The van der Waals surface area contributed by atoms with Gasteiger partial charge in [-0.25, -0.2) is 0 Å². The predicted octanol–water partition coefficient (Wildman–Crippen LogP) is -0.00798. The number of nitrogens with zero attached hydrogens (tertiary/aromatic N) is 1. The molecule has 1 saturated heterocycles. The van der Waals surface area contributed by atoms with Crippen LogP contribution in [0.3, 0.4) is 0 Å². The van der Waals surface area contributed by atoms with Gasteiger partial charge in [-0.2, -0.15) is 0 Å². The second-order valence-corrected chi connectivity index (χ2v) is 7.47. The number of pyridine rings is 1. The van der Waals surface area contributed by atoms with Crippen molar-refractivity contribution >= 4 is 11.8 Å². The summed E-state index contributed by atoms with van der Waals surface area (Å²) in [5.41, 5.74) is 8.45. The second kappa shape index (κ2) is 6.69. The lowest BCUT2D eigenvalue weighted by Gasteiger charge is -2.45. The third-order valence-electron chi connectivity index (χ3n) is 5.12. The fourth-order valence-corrected chi connectivity index (χ4v) is 3.46. The van der Waals surface area contributed by atoms with Crippen LogP contribution in [-0.4, -0.2) is 34.9 Å². The average molecular weight is 359 g/mol. The van der Waals surface area contributed by atoms with E-state index in [2.05, 4.69) is 21.1 Å². The van der Waals surface area contributed by atoms with Gasteiger partial charge in [0.1, 0.15) is 6.26 Å². The second-order valence-electron chi connectivity index (χ2n) is 7.47. The summed E-state index contributed by atoms with van der Waals surface area (Å²) in [6.45, 7) is 6.39. The average Bonchev–Trinajstić information content (AvgIpc) is 3.02. The van der Waals surface area contributed by atoms with Crippen LogP contribution in [0.15, 0.2) is 30.7 Å². The maximum Gasteiger partial charge on any atom is 0.245 e. The van der Waals surface area contributed by atoms with Crippen LogP contribution < -0.4 is 21.8 Å². The topological polar surface area (TPSA) is 118 Å². The summed E-state index contributed by atoms with van der Waals surface area (Å²) < 4.78 is 0. The highest BCUT2D eigenvalue weighted by Gasteiger charge is 2.53. The number of rotatable bonds is 6. The maximum absolute atomic E-state index is 12.6. The molecule has 0 bridgehead atoms. The van der Waals surface area contributed by atoms with E-state index in [0.29, 0.717) is 6.54 Å². The molecule has 3 unspecified atom stereocenters. The minimum Gasteiger partial charge on any atom is -0.415 e. The highest BCUT2D eigenvalue weighted by atomic mass is 16.6. The molecule has 2 amide bonds. The normalized spacial score (nSPS) is 27.5. The molecule has 1 fully saturated rings. The number of hydrogen-bond acceptors (Lipinski definition) is 6. The molecule has 5 N–H and O–H groups in total. The molecule has 2 aliphatic heterocycles. The van der Waals surface area contributed by atoms with E-state index < -0.39 is 17.0 Å². The summed E-state index contributed by atoms with van der Waals surface area (Å²) >= 11 is 0. The highest BCUT2D eigenvalue weighted by molar-refractivity contribution is 5.88. The number of carbonyl (C=O) groups is 2. The van der Waals surface area contributed by atoms with E-state index in [1.807, 2.05) is 32.9 Å². The number of carbonyl (C=O) groups excluding carboxylic acids is 2. The lowest BCUT2D eigenvalue weighted by Crippen LogP contribution is -2.70. The van der Waals surface area contributed by atoms with Gasteiger partial charge in [-0.05, 0) is 44.5 Å². The van der Waals surface area contributed by atoms with Crippen molar-refractivity contribution in [1.29, 1.82) is 0 Å². The SMILES string of the molecule is Cc1ccnc(C(C)(C)NC(=O)CC2NCC2C2(C(N)=O)C=CON2)c1. The molecule has 0 radical (unpaired) electrons. The highest BCUT2D eigenvalue weighted by Crippen LogP contribution is 2.32. The van der Waals surface area contributed by atoms with Crippen molar-refractivity contribution in [3.8, 4) is 0 Å². The van der Waals surface area contributed by atoms with Crippen LogP contribution in [-0.2, 0) is 20.0 Å². The minimum absolute atomic E-state index is 0.122. The number of aromatic nitrogens is 1. The molecular formula is C18H25N5O3. The fraction of sp³-hybridized carbons (Fsp3) is 0.500. The first kappa shape index (κ1) is 18.3. The minimum atomic E-state index is -1.08. The Morgan fingerprint density at radius 3 is 2.81 bits per heavy atom. The quantitative estimate of drug-likeness (QED) is 0.567. The van der Waals surface area contributed by atoms with Crippen molar-refractivity contribution in [1.82, 2.24) is 21.1 Å². The Bertz CT molecular complexity index is 748. The fourth-order valence-electron chi connectivity index (χ4n) is 3.46. The Hall–Kier alpha value is -2.45. The molecule has 3 rings (SSSR count). The smallest absolute Gasteiger partial charge is 0.245 e. The Kier molecular flexibility index (Phi) is 4.72. The van der Waals surface area contributed by atoms with Crippen molar-refractivity contribution in [3.05, 3.63) is 41.9 Å². The Labute approximate surface area is 152 Å². The van der Waals surface area contributed by atoms with E-state index in [4.69, 9.17) is 10.6 Å². The number of aryl methyl sites for hydroxylation is 1. The zero-order valence-corrected chi connectivity index (χ0v) is 15.2. The van der Waals surface area contributed by atoms with E-state index in [9.17, 15) is 9.59 Å². The molecule has 8 nitrogen and oxygen atoms in total. The van der Waals surface area contributed by atoms with Crippen LogP contribution in [0.2, 0.25) is 0 Å². The van der Waals surface area contributed by atoms with Gasteiger partial charge < -0.3 is 21.2 Å². The largest absolute Gasteiger partial charge is 0.415 e. The molecule has 0 aliphatic carbocycles. The van der Waals surface area contributed by atoms with Gasteiger partial charge in [0.15, 0.2) is 5.54 Å². The first-order valence-corrected chi connectivity index (χ1v) is 8.62. The third kappa shape index (κ3) is 3.30. The molecule has 8 heteroatoms. The van der Waals surface area contributed by atoms with Gasteiger partial charge in [0, 0.05) is 31.1 Å². The van der Waals surface area contributed by atoms with Gasteiger partial charge in [0.05, 0.1) is 11.2 Å². The molecule has 0 saturated carbocycles. The van der Waals surface area contributed by atoms with E-state index in [1.54, 1.807) is 12.3 Å². The summed E-state index contributed by atoms with van der Waals surface area (Å²) in [7, 11) is 0. The first-order chi connectivity index (χ1) is 12.2. The predicted molar refractivity (Wildman–Crippen MR) is 95.3 cm³/mol. The van der Waals surface area contributed by atoms with Gasteiger partial charge in [-0.1, -0.05) is 0 Å². The van der Waals surface area contributed by atoms with Crippen LogP contribution in [0.1, 0.15) is 31.5 Å². The monoisotopic (exact) mass is 359 g/mol. The summed E-state index contributed by atoms with van der Waals surface area (Å²) in [5.74, 6) is -0.805. The Morgan fingerprint density at radius 1 is 1.50 bits per heavy atom. The molecule has 0 spiro atoms. The molecule has 1 aromatic heterocycles. The Balaban J connectivity index is 1.65.